The summed E-state index contributed by atoms with van der Waals surface area (Å²) in [6.07, 6.45) is 5.23. The van der Waals surface area contributed by atoms with E-state index >= 15 is 0 Å². The van der Waals surface area contributed by atoms with E-state index in [4.69, 9.17) is 15.2 Å². The van der Waals surface area contributed by atoms with E-state index in [1.165, 1.54) is 11.8 Å². The van der Waals surface area contributed by atoms with Crippen LogP contribution in [0.4, 0.5) is 11.9 Å². The van der Waals surface area contributed by atoms with Crippen LogP contribution in [0.25, 0.3) is 5.69 Å². The SMILES string of the molecule is COC1=CC(=C=O)C(Nc2nc(N)n(-c3ccc(OC(C)C)cc3)n2)C=C1. The van der Waals surface area contributed by atoms with Crippen molar-refractivity contribution in [3.8, 4) is 11.4 Å². The van der Waals surface area contributed by atoms with Crippen LogP contribution >= 0.6 is 0 Å². The Labute approximate surface area is 157 Å². The Morgan fingerprint density at radius 3 is 2.67 bits per heavy atom. The number of nitrogens with one attached hydrogen (secondary N) is 1. The Morgan fingerprint density at radius 2 is 2.04 bits per heavy atom. The topological polar surface area (TPSA) is 104 Å². The zero-order chi connectivity index (χ0) is 19.4. The molecular weight excluding hydrogens is 346 g/mol. The summed E-state index contributed by atoms with van der Waals surface area (Å²) in [4.78, 5) is 15.4. The van der Waals surface area contributed by atoms with Gasteiger partial charge in [-0.05, 0) is 50.3 Å². The van der Waals surface area contributed by atoms with Gasteiger partial charge >= 0.3 is 0 Å². The highest BCUT2D eigenvalue weighted by atomic mass is 16.5. The fourth-order valence-corrected chi connectivity index (χ4v) is 2.58. The summed E-state index contributed by atoms with van der Waals surface area (Å²) >= 11 is 0. The molecule has 0 saturated carbocycles. The normalized spacial score (nSPS) is 16.1. The molecule has 1 aromatic carbocycles. The number of carbonyl (C=O) groups excluding carboxylic acids is 1. The van der Waals surface area contributed by atoms with E-state index in [1.807, 2.05) is 44.1 Å². The average molecular weight is 367 g/mol. The van der Waals surface area contributed by atoms with Gasteiger partial charge in [-0.3, -0.25) is 0 Å². The van der Waals surface area contributed by atoms with Gasteiger partial charge in [-0.25, -0.2) is 4.79 Å². The van der Waals surface area contributed by atoms with E-state index < -0.39 is 6.04 Å². The Hall–Kier alpha value is -3.51. The lowest BCUT2D eigenvalue weighted by molar-refractivity contribution is 0.242. The van der Waals surface area contributed by atoms with Gasteiger partial charge in [0.05, 0.1) is 30.5 Å². The molecule has 1 aliphatic carbocycles. The third kappa shape index (κ3) is 4.19. The summed E-state index contributed by atoms with van der Waals surface area (Å²) < 4.78 is 12.3. The Balaban J connectivity index is 1.78. The highest BCUT2D eigenvalue weighted by molar-refractivity contribution is 5.65. The maximum Gasteiger partial charge on any atom is 0.245 e. The van der Waals surface area contributed by atoms with Gasteiger partial charge in [-0.1, -0.05) is 6.08 Å². The summed E-state index contributed by atoms with van der Waals surface area (Å²) in [5, 5.41) is 7.43. The largest absolute Gasteiger partial charge is 0.497 e. The molecule has 0 amide bonds. The van der Waals surface area contributed by atoms with E-state index in [9.17, 15) is 4.79 Å². The first-order valence-electron chi connectivity index (χ1n) is 8.45. The Kier molecular flexibility index (Phi) is 5.28. The van der Waals surface area contributed by atoms with Crippen molar-refractivity contribution in [1.29, 1.82) is 0 Å². The summed E-state index contributed by atoms with van der Waals surface area (Å²) in [5.41, 5.74) is 7.13. The average Bonchev–Trinajstić information content (AvgIpc) is 3.02. The van der Waals surface area contributed by atoms with Crippen molar-refractivity contribution in [3.05, 3.63) is 53.8 Å². The van der Waals surface area contributed by atoms with Gasteiger partial charge in [0.2, 0.25) is 11.9 Å². The van der Waals surface area contributed by atoms with Crippen molar-refractivity contribution >= 4 is 17.8 Å². The molecule has 8 heteroatoms. The molecule has 0 bridgehead atoms. The van der Waals surface area contributed by atoms with Crippen molar-refractivity contribution in [2.75, 3.05) is 18.2 Å². The number of allylic oxidation sites excluding steroid dienone is 1. The lowest BCUT2D eigenvalue weighted by Crippen LogP contribution is -2.22. The second kappa shape index (κ2) is 7.80. The van der Waals surface area contributed by atoms with Crippen LogP contribution in [0.1, 0.15) is 13.8 Å². The molecule has 3 rings (SSSR count). The van der Waals surface area contributed by atoms with E-state index in [1.54, 1.807) is 18.2 Å². The van der Waals surface area contributed by atoms with Gasteiger partial charge in [-0.2, -0.15) is 9.67 Å². The quantitative estimate of drug-likeness (QED) is 0.755. The molecule has 140 valence electrons. The van der Waals surface area contributed by atoms with E-state index in [0.29, 0.717) is 17.3 Å². The minimum absolute atomic E-state index is 0.0967. The third-order valence-electron chi connectivity index (χ3n) is 3.81. The summed E-state index contributed by atoms with van der Waals surface area (Å²) in [6, 6.07) is 6.96. The van der Waals surface area contributed by atoms with Crippen molar-refractivity contribution < 1.29 is 14.3 Å². The standard InChI is InChI=1S/C19H21N5O3/c1-12(2)27-15-6-4-14(5-7-15)24-18(20)22-19(23-24)21-17-9-8-16(26-3)10-13(17)11-25/h4-10,12,17H,1-3H3,(H3,20,21,22,23). The van der Waals surface area contributed by atoms with Crippen LogP contribution in [0.2, 0.25) is 0 Å². The molecule has 1 heterocycles. The molecule has 0 spiro atoms. The first-order valence-corrected chi connectivity index (χ1v) is 8.45. The number of aromatic nitrogens is 3. The number of hydrogen-bond acceptors (Lipinski definition) is 7. The molecule has 8 nitrogen and oxygen atoms in total. The van der Waals surface area contributed by atoms with Gasteiger partial charge < -0.3 is 20.5 Å². The van der Waals surface area contributed by atoms with E-state index in [-0.39, 0.29) is 12.1 Å². The van der Waals surface area contributed by atoms with Crippen LogP contribution in [-0.4, -0.2) is 40.0 Å². The van der Waals surface area contributed by atoms with Crippen molar-refractivity contribution in [2.24, 2.45) is 0 Å². The molecule has 1 aromatic heterocycles. The van der Waals surface area contributed by atoms with Gasteiger partial charge in [-0.15, -0.1) is 5.10 Å². The van der Waals surface area contributed by atoms with E-state index in [2.05, 4.69) is 15.4 Å². The number of methoxy groups -OCH3 is 1. The number of nitrogens with zero attached hydrogens (tertiary/aromatic N) is 3. The molecule has 1 unspecified atom stereocenters. The zero-order valence-corrected chi connectivity index (χ0v) is 15.3. The minimum Gasteiger partial charge on any atom is -0.497 e. The van der Waals surface area contributed by atoms with Crippen LogP contribution in [0, 0.1) is 0 Å². The van der Waals surface area contributed by atoms with Crippen LogP contribution in [0.3, 0.4) is 0 Å². The first kappa shape index (κ1) is 18.3. The highest BCUT2D eigenvalue weighted by Crippen LogP contribution is 2.21. The van der Waals surface area contributed by atoms with Crippen LogP contribution < -0.4 is 15.8 Å². The molecule has 3 N–H and O–H groups in total. The van der Waals surface area contributed by atoms with Crippen LogP contribution in [0.15, 0.2) is 53.8 Å². The van der Waals surface area contributed by atoms with Crippen molar-refractivity contribution in [3.63, 3.8) is 0 Å². The maximum absolute atomic E-state index is 11.2. The molecule has 27 heavy (non-hydrogen) atoms. The third-order valence-corrected chi connectivity index (χ3v) is 3.81. The highest BCUT2D eigenvalue weighted by Gasteiger charge is 2.19. The van der Waals surface area contributed by atoms with Crippen molar-refractivity contribution in [1.82, 2.24) is 14.8 Å². The molecule has 1 aliphatic rings. The van der Waals surface area contributed by atoms with Crippen LogP contribution in [-0.2, 0) is 9.53 Å². The predicted octanol–water partition coefficient (Wildman–Crippen LogP) is 2.28. The maximum atomic E-state index is 11.2. The summed E-state index contributed by atoms with van der Waals surface area (Å²) in [6.45, 7) is 3.93. The molecule has 0 aliphatic heterocycles. The number of hydrogen-bond donors (Lipinski definition) is 2. The zero-order valence-electron chi connectivity index (χ0n) is 15.3. The number of nitrogens with two attached hydrogens (primary N) is 1. The molecule has 0 fully saturated rings. The molecular formula is C19H21N5O3. The van der Waals surface area contributed by atoms with Gasteiger partial charge in [0, 0.05) is 0 Å². The van der Waals surface area contributed by atoms with Crippen LogP contribution in [0.5, 0.6) is 5.75 Å². The Bertz CT molecular complexity index is 921. The van der Waals surface area contributed by atoms with Gasteiger partial charge in [0.25, 0.3) is 0 Å². The number of benzene rings is 1. The molecule has 0 saturated heterocycles. The van der Waals surface area contributed by atoms with E-state index in [0.717, 1.165) is 11.4 Å². The van der Waals surface area contributed by atoms with Gasteiger partial charge in [0.1, 0.15) is 17.5 Å². The predicted molar refractivity (Wildman–Crippen MR) is 102 cm³/mol. The minimum atomic E-state index is -0.418. The summed E-state index contributed by atoms with van der Waals surface area (Å²) in [5.74, 6) is 3.76. The molecule has 0 radical (unpaired) electrons. The number of anilines is 2. The number of nitrogen functional groups attached to an aromatic ring is 1. The Morgan fingerprint density at radius 1 is 1.30 bits per heavy atom. The molecule has 1 atom stereocenters. The van der Waals surface area contributed by atoms with Gasteiger partial charge in [0.15, 0.2) is 0 Å². The summed E-state index contributed by atoms with van der Waals surface area (Å²) in [7, 11) is 1.54. The lowest BCUT2D eigenvalue weighted by Gasteiger charge is -2.17. The fourth-order valence-electron chi connectivity index (χ4n) is 2.58. The number of rotatable bonds is 6. The smallest absolute Gasteiger partial charge is 0.245 e. The fraction of sp³-hybridized carbons (Fsp3) is 0.263. The molecule has 2 aromatic rings. The number of ether oxygens (including phenoxy) is 2. The second-order valence-electron chi connectivity index (χ2n) is 6.16. The monoisotopic (exact) mass is 367 g/mol. The first-order chi connectivity index (χ1) is 13.0. The second-order valence-corrected chi connectivity index (χ2v) is 6.16. The lowest BCUT2D eigenvalue weighted by atomic mass is 10.0. The van der Waals surface area contributed by atoms with Crippen molar-refractivity contribution in [2.45, 2.75) is 26.0 Å².